The Bertz CT molecular complexity index is 897. The maximum atomic E-state index is 14.8. The molecule has 35 heavy (non-hydrogen) atoms. The Hall–Kier alpha value is -0.820. The highest BCUT2D eigenvalue weighted by Gasteiger charge is 3.04. The molecule has 0 bridgehead atoms. The number of hydrogen-bond donors (Lipinski definition) is 2. The molecule has 0 heterocycles. The number of sulfonamides is 1. The lowest BCUT2D eigenvalue weighted by molar-refractivity contribution is -0.470. The van der Waals surface area contributed by atoms with E-state index in [0.29, 0.717) is 12.8 Å². The van der Waals surface area contributed by atoms with E-state index in [1.165, 1.54) is 0 Å². The minimum atomic E-state index is -8.08. The van der Waals surface area contributed by atoms with Crippen molar-refractivity contribution in [2.45, 2.75) is 79.7 Å². The molecule has 1 fully saturated rings. The summed E-state index contributed by atoms with van der Waals surface area (Å²) in [7, 11) is -13.7. The lowest BCUT2D eigenvalue weighted by atomic mass is 9.81. The van der Waals surface area contributed by atoms with E-state index in [9.17, 15) is 65.8 Å². The van der Waals surface area contributed by atoms with E-state index in [0.717, 1.165) is 0 Å². The van der Waals surface area contributed by atoms with Crippen molar-refractivity contribution in [3.63, 3.8) is 0 Å². The summed E-state index contributed by atoms with van der Waals surface area (Å²) in [5.41, 5.74) is 0. The summed E-state index contributed by atoms with van der Waals surface area (Å²) in [6.45, 7) is -0.690. The van der Waals surface area contributed by atoms with E-state index in [1.54, 1.807) is 6.92 Å². The molecule has 0 aromatic carbocycles. The highest BCUT2D eigenvalue weighted by atomic mass is 32.2. The molecule has 0 radical (unpaired) electrons. The molecular weight excluding hydrogens is 569 g/mol. The van der Waals surface area contributed by atoms with Crippen LogP contribution in [-0.2, 0) is 19.1 Å². The van der Waals surface area contributed by atoms with Crippen LogP contribution >= 0.6 is 7.82 Å². The van der Waals surface area contributed by atoms with Crippen molar-refractivity contribution < 1.29 is 80.1 Å². The van der Waals surface area contributed by atoms with Gasteiger partial charge in [-0.3, -0.25) is 4.52 Å². The highest BCUT2D eigenvalue weighted by molar-refractivity contribution is 7.90. The summed E-state index contributed by atoms with van der Waals surface area (Å²) in [5, 5.41) is -7.70. The monoisotopic (exact) mass is 587 g/mol. The second-order valence-electron chi connectivity index (χ2n) is 7.51. The van der Waals surface area contributed by atoms with Crippen LogP contribution in [0.2, 0.25) is 0 Å². The Morgan fingerprint density at radius 3 is 1.57 bits per heavy atom. The van der Waals surface area contributed by atoms with Gasteiger partial charge in [0.1, 0.15) is 0 Å². The van der Waals surface area contributed by atoms with Gasteiger partial charge in [-0.1, -0.05) is 32.6 Å². The summed E-state index contributed by atoms with van der Waals surface area (Å²) in [5.74, 6) is -39.0. The average molecular weight is 587 g/mol. The fourth-order valence-electron chi connectivity index (χ4n) is 3.08. The predicted molar refractivity (Wildman–Crippen MR) is 91.0 cm³/mol. The van der Waals surface area contributed by atoms with Crippen LogP contribution in [-0.4, -0.2) is 70.0 Å². The number of phosphoric acid groups is 1. The van der Waals surface area contributed by atoms with Gasteiger partial charge in [-0.15, -0.1) is 4.48 Å². The Kier molecular flexibility index (Phi) is 8.73. The van der Waals surface area contributed by atoms with Crippen molar-refractivity contribution in [3.05, 3.63) is 0 Å². The summed E-state index contributed by atoms with van der Waals surface area (Å²) in [6, 6.07) is 0. The fraction of sp³-hybridized carbons (Fsp3) is 1.00. The van der Waals surface area contributed by atoms with Gasteiger partial charge in [0.15, 0.2) is 0 Å². The van der Waals surface area contributed by atoms with Crippen LogP contribution in [0.4, 0.5) is 52.8 Å². The van der Waals surface area contributed by atoms with Crippen molar-refractivity contribution in [2.75, 3.05) is 6.54 Å². The predicted octanol–water partition coefficient (Wildman–Crippen LogP) is 4.81. The molecule has 21 heteroatoms. The molecule has 1 saturated carbocycles. The van der Waals surface area contributed by atoms with Crippen molar-refractivity contribution in [1.82, 2.24) is 4.53 Å². The Labute approximate surface area is 189 Å². The largest absolute Gasteiger partial charge is 0.469 e. The van der Waals surface area contributed by atoms with Gasteiger partial charge in [-0.25, -0.2) is 17.4 Å². The summed E-state index contributed by atoms with van der Waals surface area (Å²) in [4.78, 5) is 17.5. The number of hydrogen-bond acceptors (Lipinski definition) is 4. The Morgan fingerprint density at radius 1 is 0.800 bits per heavy atom. The van der Waals surface area contributed by atoms with Crippen LogP contribution in [0.1, 0.15) is 39.0 Å². The third-order valence-electron chi connectivity index (χ3n) is 5.01. The van der Waals surface area contributed by atoms with E-state index in [2.05, 4.69) is 4.52 Å². The zero-order valence-electron chi connectivity index (χ0n) is 17.2. The molecule has 0 saturated heterocycles. The van der Waals surface area contributed by atoms with Gasteiger partial charge >= 0.3 is 42.4 Å². The summed E-state index contributed by atoms with van der Waals surface area (Å²) >= 11 is 0. The Morgan fingerprint density at radius 2 is 1.20 bits per heavy atom. The van der Waals surface area contributed by atoms with Crippen LogP contribution in [0.3, 0.4) is 0 Å². The molecule has 0 aromatic heterocycles. The molecule has 1 unspecified atom stereocenters. The number of unbranched alkanes of at least 4 members (excludes halogenated alkanes) is 3. The van der Waals surface area contributed by atoms with Crippen LogP contribution < -0.4 is 0 Å². The molecule has 0 aromatic rings. The highest BCUT2D eigenvalue weighted by Crippen LogP contribution is 2.71. The van der Waals surface area contributed by atoms with Gasteiger partial charge in [0, 0.05) is 0 Å². The Balaban J connectivity index is 3.58. The molecule has 1 aliphatic carbocycles. The number of halogens is 12. The van der Waals surface area contributed by atoms with Crippen LogP contribution in [0.5, 0.6) is 0 Å². The summed E-state index contributed by atoms with van der Waals surface area (Å²) < 4.78 is 202. The normalized spacial score (nSPS) is 25.4. The molecule has 210 valence electrons. The second-order valence-corrected chi connectivity index (χ2v) is 10.6. The minimum absolute atomic E-state index is 0.179. The van der Waals surface area contributed by atoms with Gasteiger partial charge in [-0.2, -0.15) is 43.9 Å². The van der Waals surface area contributed by atoms with E-state index in [4.69, 9.17) is 9.79 Å². The quantitative estimate of drug-likeness (QED) is 0.156. The van der Waals surface area contributed by atoms with E-state index >= 15 is 0 Å². The van der Waals surface area contributed by atoms with Crippen molar-refractivity contribution >= 4 is 17.8 Å². The zero-order valence-corrected chi connectivity index (χ0v) is 18.9. The number of alkyl halides is 11. The number of nitrogens with zero attached hydrogens (tertiary/aromatic N) is 1. The number of phosphoric ester groups is 1. The van der Waals surface area contributed by atoms with E-state index in [-0.39, 0.29) is 12.8 Å². The molecule has 0 spiro atoms. The molecule has 0 aliphatic heterocycles. The molecule has 1 rings (SSSR count). The first-order chi connectivity index (χ1) is 15.3. The van der Waals surface area contributed by atoms with Gasteiger partial charge in [-0.05, 0) is 10.9 Å². The van der Waals surface area contributed by atoms with Crippen LogP contribution in [0.15, 0.2) is 0 Å². The number of rotatable bonds is 11. The molecule has 2 N–H and O–H groups in total. The SMILES string of the molecule is CCCCCCC(CN(F)S(=O)(=O)C1(F)C(F)(F)C(F)(F)C(F)(F)C(F)(F)C1(F)F)OP(=O)(O)O. The standard InChI is InChI=1S/C14H18F12NO6PS/c1-2-3-4-5-6-8(33-34(28,29)30)7-27(26)35(31,32)14(25)12(21,22)10(17,18)9(15,16)11(19,20)13(14,23)24/h8H,2-7H2,1H3,(H2,28,29,30). The molecular formula is C14H18F12NO6PS. The molecule has 7 nitrogen and oxygen atoms in total. The van der Waals surface area contributed by atoms with Gasteiger partial charge in [0.2, 0.25) is 0 Å². The average Bonchev–Trinajstić information content (AvgIpc) is 2.67. The van der Waals surface area contributed by atoms with Crippen LogP contribution in [0, 0.1) is 0 Å². The fourth-order valence-corrected chi connectivity index (χ4v) is 5.18. The third-order valence-corrected chi connectivity index (χ3v) is 7.48. The molecule has 0 amide bonds. The van der Waals surface area contributed by atoms with Crippen molar-refractivity contribution in [1.29, 1.82) is 0 Å². The first-order valence-corrected chi connectivity index (χ1v) is 12.3. The second kappa shape index (κ2) is 9.49. The van der Waals surface area contributed by atoms with Crippen LogP contribution in [0.25, 0.3) is 0 Å². The first-order valence-electron chi connectivity index (χ1n) is 9.31. The summed E-state index contributed by atoms with van der Waals surface area (Å²) in [6.07, 6.45) is -2.24. The lowest BCUT2D eigenvalue weighted by Gasteiger charge is -2.51. The third kappa shape index (κ3) is 4.66. The lowest BCUT2D eigenvalue weighted by Crippen LogP contribution is -2.86. The smallest absolute Gasteiger partial charge is 0.303 e. The first kappa shape index (κ1) is 32.2. The topological polar surface area (TPSA) is 104 Å². The minimum Gasteiger partial charge on any atom is -0.303 e. The van der Waals surface area contributed by atoms with E-state index in [1.807, 2.05) is 0 Å². The van der Waals surface area contributed by atoms with Gasteiger partial charge < -0.3 is 9.79 Å². The zero-order chi connectivity index (χ0) is 28.1. The molecule has 1 atom stereocenters. The van der Waals surface area contributed by atoms with E-state index < -0.39 is 76.1 Å². The van der Waals surface area contributed by atoms with Gasteiger partial charge in [0.25, 0.3) is 10.0 Å². The maximum absolute atomic E-state index is 14.8. The van der Waals surface area contributed by atoms with Gasteiger partial charge in [0.05, 0.1) is 12.6 Å². The van der Waals surface area contributed by atoms with Crippen molar-refractivity contribution in [2.24, 2.45) is 0 Å². The van der Waals surface area contributed by atoms with Crippen molar-refractivity contribution in [3.8, 4) is 0 Å². The maximum Gasteiger partial charge on any atom is 0.469 e. The molecule has 1 aliphatic rings.